The van der Waals surface area contributed by atoms with Crippen LogP contribution in [0.3, 0.4) is 0 Å². The fraction of sp³-hybridized carbons (Fsp3) is 0.294. The zero-order valence-electron chi connectivity index (χ0n) is 12.7. The molecule has 1 aliphatic rings. The van der Waals surface area contributed by atoms with Crippen LogP contribution < -0.4 is 10.6 Å². The molecule has 0 saturated carbocycles. The van der Waals surface area contributed by atoms with Gasteiger partial charge in [-0.1, -0.05) is 6.07 Å². The first-order chi connectivity index (χ1) is 11.3. The number of morpholine rings is 1. The van der Waals surface area contributed by atoms with Gasteiger partial charge in [0, 0.05) is 35.3 Å². The second-order valence-corrected chi connectivity index (χ2v) is 6.29. The Morgan fingerprint density at radius 3 is 2.91 bits per heavy atom. The first-order valence-corrected chi connectivity index (χ1v) is 8.53. The van der Waals surface area contributed by atoms with Gasteiger partial charge in [-0.15, -0.1) is 11.8 Å². The number of carbonyl (C=O) groups is 1. The van der Waals surface area contributed by atoms with Crippen LogP contribution in [-0.4, -0.2) is 36.7 Å². The van der Waals surface area contributed by atoms with Gasteiger partial charge in [0.15, 0.2) is 0 Å². The minimum atomic E-state index is -0.275. The minimum Gasteiger partial charge on any atom is -0.378 e. The van der Waals surface area contributed by atoms with Crippen molar-refractivity contribution in [2.24, 2.45) is 0 Å². The zero-order valence-corrected chi connectivity index (χ0v) is 13.5. The van der Waals surface area contributed by atoms with E-state index in [2.05, 4.69) is 21.7 Å². The fourth-order valence-electron chi connectivity index (χ4n) is 2.25. The van der Waals surface area contributed by atoms with Crippen LogP contribution in [0.1, 0.15) is 5.56 Å². The number of pyridine rings is 1. The van der Waals surface area contributed by atoms with Crippen LogP contribution in [0, 0.1) is 0 Å². The number of ether oxygens (including phenoxy) is 1. The van der Waals surface area contributed by atoms with Crippen molar-refractivity contribution in [3.8, 4) is 0 Å². The number of hydrogen-bond acceptors (Lipinski definition) is 5. The molecule has 2 N–H and O–H groups in total. The largest absolute Gasteiger partial charge is 0.378 e. The lowest BCUT2D eigenvalue weighted by Gasteiger charge is -2.22. The van der Waals surface area contributed by atoms with Crippen LogP contribution in [0.25, 0.3) is 0 Å². The van der Waals surface area contributed by atoms with E-state index < -0.39 is 0 Å². The predicted molar refractivity (Wildman–Crippen MR) is 91.5 cm³/mol. The second kappa shape index (κ2) is 8.10. The van der Waals surface area contributed by atoms with Gasteiger partial charge in [0.2, 0.25) is 5.91 Å². The van der Waals surface area contributed by atoms with Crippen molar-refractivity contribution in [3.05, 3.63) is 54.4 Å². The summed E-state index contributed by atoms with van der Waals surface area (Å²) < 4.78 is 5.30. The highest BCUT2D eigenvalue weighted by Gasteiger charge is 2.20. The number of amides is 1. The van der Waals surface area contributed by atoms with Crippen molar-refractivity contribution in [2.75, 3.05) is 25.1 Å². The van der Waals surface area contributed by atoms with Gasteiger partial charge in [-0.2, -0.15) is 0 Å². The Balaban J connectivity index is 1.51. The molecule has 0 bridgehead atoms. The Kier molecular flexibility index (Phi) is 5.63. The van der Waals surface area contributed by atoms with Crippen molar-refractivity contribution in [3.63, 3.8) is 0 Å². The maximum atomic E-state index is 12.1. The lowest BCUT2D eigenvalue weighted by Crippen LogP contribution is -2.48. The van der Waals surface area contributed by atoms with Gasteiger partial charge in [-0.25, -0.2) is 0 Å². The summed E-state index contributed by atoms with van der Waals surface area (Å²) in [6.45, 7) is 1.79. The van der Waals surface area contributed by atoms with Crippen LogP contribution in [0.15, 0.2) is 53.7 Å². The number of aromatic nitrogens is 1. The minimum absolute atomic E-state index is 0.0551. The van der Waals surface area contributed by atoms with Gasteiger partial charge in [0.25, 0.3) is 0 Å². The molecule has 1 aromatic heterocycles. The third kappa shape index (κ3) is 4.79. The number of rotatable bonds is 5. The standard InChI is InChI=1S/C17H19N3O2S/c21-17(16-11-22-9-8-19-16)20-14-3-5-15(6-4-14)23-12-13-2-1-7-18-10-13/h1-7,10,16,19H,8-9,11-12H2,(H,20,21). The lowest BCUT2D eigenvalue weighted by molar-refractivity contribution is -0.120. The molecular formula is C17H19N3O2S. The highest BCUT2D eigenvalue weighted by atomic mass is 32.2. The highest BCUT2D eigenvalue weighted by molar-refractivity contribution is 7.98. The van der Waals surface area contributed by atoms with Gasteiger partial charge in [-0.3, -0.25) is 9.78 Å². The Morgan fingerprint density at radius 1 is 1.35 bits per heavy atom. The Labute approximate surface area is 139 Å². The van der Waals surface area contributed by atoms with E-state index in [9.17, 15) is 4.79 Å². The number of nitrogens with one attached hydrogen (secondary N) is 2. The molecule has 0 aliphatic carbocycles. The monoisotopic (exact) mass is 329 g/mol. The molecule has 1 atom stereocenters. The molecule has 1 aliphatic heterocycles. The van der Waals surface area contributed by atoms with Crippen molar-refractivity contribution in [1.82, 2.24) is 10.3 Å². The molecule has 5 nitrogen and oxygen atoms in total. The van der Waals surface area contributed by atoms with Gasteiger partial charge < -0.3 is 15.4 Å². The molecule has 2 aromatic rings. The fourth-order valence-corrected chi connectivity index (χ4v) is 3.08. The number of carbonyl (C=O) groups excluding carboxylic acids is 1. The normalized spacial score (nSPS) is 17.7. The SMILES string of the molecule is O=C(Nc1ccc(SCc2cccnc2)cc1)C1COCCN1. The van der Waals surface area contributed by atoms with Crippen molar-refractivity contribution >= 4 is 23.4 Å². The average Bonchev–Trinajstić information content (AvgIpc) is 2.63. The first kappa shape index (κ1) is 16.0. The van der Waals surface area contributed by atoms with Crippen molar-refractivity contribution < 1.29 is 9.53 Å². The summed E-state index contributed by atoms with van der Waals surface area (Å²) in [5, 5.41) is 6.05. The van der Waals surface area contributed by atoms with E-state index in [-0.39, 0.29) is 11.9 Å². The molecule has 3 rings (SSSR count). The van der Waals surface area contributed by atoms with E-state index in [1.807, 2.05) is 36.5 Å². The topological polar surface area (TPSA) is 63.2 Å². The number of nitrogens with zero attached hydrogens (tertiary/aromatic N) is 1. The summed E-state index contributed by atoms with van der Waals surface area (Å²) in [7, 11) is 0. The highest BCUT2D eigenvalue weighted by Crippen LogP contribution is 2.24. The maximum absolute atomic E-state index is 12.1. The molecule has 1 aromatic carbocycles. The molecule has 0 radical (unpaired) electrons. The molecule has 120 valence electrons. The van der Waals surface area contributed by atoms with E-state index in [1.165, 1.54) is 5.56 Å². The summed E-state index contributed by atoms with van der Waals surface area (Å²) in [4.78, 5) is 17.4. The average molecular weight is 329 g/mol. The molecule has 0 spiro atoms. The third-order valence-corrected chi connectivity index (χ3v) is 4.57. The molecular weight excluding hydrogens is 310 g/mol. The molecule has 1 unspecified atom stereocenters. The van der Waals surface area contributed by atoms with Crippen LogP contribution >= 0.6 is 11.8 Å². The van der Waals surface area contributed by atoms with E-state index in [0.717, 1.165) is 16.3 Å². The molecule has 23 heavy (non-hydrogen) atoms. The zero-order chi connectivity index (χ0) is 15.9. The van der Waals surface area contributed by atoms with E-state index >= 15 is 0 Å². The summed E-state index contributed by atoms with van der Waals surface area (Å²) >= 11 is 1.74. The van der Waals surface area contributed by atoms with Crippen LogP contribution in [0.2, 0.25) is 0 Å². The Bertz CT molecular complexity index is 628. The smallest absolute Gasteiger partial charge is 0.243 e. The summed E-state index contributed by atoms with van der Waals surface area (Å²) in [6.07, 6.45) is 3.65. The quantitative estimate of drug-likeness (QED) is 0.824. The summed E-state index contributed by atoms with van der Waals surface area (Å²) in [6, 6.07) is 11.6. The van der Waals surface area contributed by atoms with Gasteiger partial charge in [0.05, 0.1) is 13.2 Å². The third-order valence-electron chi connectivity index (χ3n) is 3.49. The van der Waals surface area contributed by atoms with Crippen LogP contribution in [0.5, 0.6) is 0 Å². The Hall–Kier alpha value is -1.89. The molecule has 1 amide bonds. The van der Waals surface area contributed by atoms with E-state index in [4.69, 9.17) is 4.74 Å². The number of benzene rings is 1. The van der Waals surface area contributed by atoms with Crippen LogP contribution in [-0.2, 0) is 15.3 Å². The van der Waals surface area contributed by atoms with E-state index in [0.29, 0.717) is 19.8 Å². The summed E-state index contributed by atoms with van der Waals surface area (Å²) in [5.74, 6) is 0.823. The number of anilines is 1. The van der Waals surface area contributed by atoms with Gasteiger partial charge >= 0.3 is 0 Å². The van der Waals surface area contributed by atoms with Crippen LogP contribution in [0.4, 0.5) is 5.69 Å². The maximum Gasteiger partial charge on any atom is 0.243 e. The molecule has 1 saturated heterocycles. The predicted octanol–water partition coefficient (Wildman–Crippen LogP) is 2.30. The Morgan fingerprint density at radius 2 is 2.22 bits per heavy atom. The second-order valence-electron chi connectivity index (χ2n) is 5.25. The summed E-state index contributed by atoms with van der Waals surface area (Å²) in [5.41, 5.74) is 1.99. The van der Waals surface area contributed by atoms with Gasteiger partial charge in [0.1, 0.15) is 6.04 Å². The number of thioether (sulfide) groups is 1. The van der Waals surface area contributed by atoms with Crippen molar-refractivity contribution in [1.29, 1.82) is 0 Å². The number of hydrogen-bond donors (Lipinski definition) is 2. The van der Waals surface area contributed by atoms with E-state index in [1.54, 1.807) is 18.0 Å². The molecule has 6 heteroatoms. The van der Waals surface area contributed by atoms with Crippen molar-refractivity contribution in [2.45, 2.75) is 16.7 Å². The molecule has 1 fully saturated rings. The van der Waals surface area contributed by atoms with Gasteiger partial charge in [-0.05, 0) is 35.9 Å². The first-order valence-electron chi connectivity index (χ1n) is 7.55. The lowest BCUT2D eigenvalue weighted by atomic mass is 10.2. The molecule has 2 heterocycles.